The minimum Gasteiger partial charge on any atom is -0.483 e. The van der Waals surface area contributed by atoms with Gasteiger partial charge in [0.1, 0.15) is 30.3 Å². The summed E-state index contributed by atoms with van der Waals surface area (Å²) in [5.41, 5.74) is 11.6. The van der Waals surface area contributed by atoms with Crippen LogP contribution in [0.1, 0.15) is 17.4 Å². The van der Waals surface area contributed by atoms with Gasteiger partial charge in [0.05, 0.1) is 6.33 Å². The molecule has 16 nitrogen and oxygen atoms in total. The van der Waals surface area contributed by atoms with Crippen molar-refractivity contribution in [2.45, 2.75) is 37.6 Å². The van der Waals surface area contributed by atoms with Gasteiger partial charge in [-0.15, -0.1) is 0 Å². The van der Waals surface area contributed by atoms with E-state index in [9.17, 15) is 14.7 Å². The molecule has 0 radical (unpaired) electrons. The first-order valence-corrected chi connectivity index (χ1v) is 15.7. The van der Waals surface area contributed by atoms with E-state index in [1.807, 2.05) is 23.1 Å². The Bertz CT molecular complexity index is 1810. The first-order valence-electron chi connectivity index (χ1n) is 15.3. The van der Waals surface area contributed by atoms with Gasteiger partial charge in [-0.3, -0.25) is 19.1 Å². The summed E-state index contributed by atoms with van der Waals surface area (Å²) in [7, 11) is 1.42. The lowest BCUT2D eigenvalue weighted by Gasteiger charge is -2.34. The number of hydrogen-bond acceptors (Lipinski definition) is 11. The predicted octanol–water partition coefficient (Wildman–Crippen LogP) is 2.50. The number of fused-ring (bicyclic) bond motifs is 1. The highest BCUT2D eigenvalue weighted by molar-refractivity contribution is 6.30. The standard InChI is InChI=1S/C31H34ClN11O5/c1-34-30(46)27-24(39-40-33)26(45)31(48-27)43-18-38-25-28(36-17-37-29(25)43)35-14-20-13-21(32)7-8-22(20)47-16-23(44)42-11-9-41(10-12-42)15-19-5-3-2-4-6-19/h2-8,13,17-18,24,26-27,31,45H,9-12,14-16H2,1H3,(H,34,46)(H,35,36,37)/t24-,26+,27-,31+/m0/s1. The lowest BCUT2D eigenvalue weighted by molar-refractivity contribution is -0.135. The molecule has 0 saturated carbocycles. The van der Waals surface area contributed by atoms with Crippen LogP contribution in [0.5, 0.6) is 5.75 Å². The van der Waals surface area contributed by atoms with Crippen molar-refractivity contribution in [1.29, 1.82) is 0 Å². The van der Waals surface area contributed by atoms with Gasteiger partial charge in [0.2, 0.25) is 5.91 Å². The van der Waals surface area contributed by atoms with Gasteiger partial charge in [0.25, 0.3) is 5.91 Å². The molecule has 4 heterocycles. The van der Waals surface area contributed by atoms with Crippen molar-refractivity contribution < 1.29 is 24.2 Å². The molecule has 2 aromatic carbocycles. The Balaban J connectivity index is 1.09. The monoisotopic (exact) mass is 675 g/mol. The number of ether oxygens (including phenoxy) is 2. The van der Waals surface area contributed by atoms with Crippen LogP contribution in [0.2, 0.25) is 5.02 Å². The Morgan fingerprint density at radius 3 is 2.69 bits per heavy atom. The zero-order valence-corrected chi connectivity index (χ0v) is 26.8. The van der Waals surface area contributed by atoms with Crippen molar-refractivity contribution in [2.24, 2.45) is 5.11 Å². The van der Waals surface area contributed by atoms with Crippen molar-refractivity contribution in [3.05, 3.63) is 87.8 Å². The lowest BCUT2D eigenvalue weighted by atomic mass is 10.1. The maximum Gasteiger partial charge on any atom is 0.260 e. The maximum atomic E-state index is 13.0. The van der Waals surface area contributed by atoms with Crippen molar-refractivity contribution in [1.82, 2.24) is 34.6 Å². The van der Waals surface area contributed by atoms with E-state index in [-0.39, 0.29) is 19.1 Å². The Morgan fingerprint density at radius 2 is 1.94 bits per heavy atom. The summed E-state index contributed by atoms with van der Waals surface area (Å²) < 4.78 is 13.3. The fourth-order valence-corrected chi connectivity index (χ4v) is 6.03. The van der Waals surface area contributed by atoms with Gasteiger partial charge < -0.3 is 30.1 Å². The maximum absolute atomic E-state index is 13.0. The molecule has 4 atom stereocenters. The predicted molar refractivity (Wildman–Crippen MR) is 175 cm³/mol. The summed E-state index contributed by atoms with van der Waals surface area (Å²) in [5, 5.41) is 20.7. The van der Waals surface area contributed by atoms with E-state index in [1.165, 1.54) is 29.8 Å². The molecule has 0 aliphatic carbocycles. The van der Waals surface area contributed by atoms with E-state index in [4.69, 9.17) is 26.6 Å². The number of carbonyl (C=O) groups excluding carboxylic acids is 2. The highest BCUT2D eigenvalue weighted by Gasteiger charge is 2.48. The van der Waals surface area contributed by atoms with Crippen LogP contribution in [0.25, 0.3) is 21.6 Å². The van der Waals surface area contributed by atoms with Crippen LogP contribution >= 0.6 is 11.6 Å². The molecule has 48 heavy (non-hydrogen) atoms. The van der Waals surface area contributed by atoms with Crippen LogP contribution in [0.15, 0.2) is 66.3 Å². The smallest absolute Gasteiger partial charge is 0.260 e. The number of imidazole rings is 1. The van der Waals surface area contributed by atoms with E-state index in [1.54, 1.807) is 18.2 Å². The third kappa shape index (κ3) is 7.12. The summed E-state index contributed by atoms with van der Waals surface area (Å²) in [6.07, 6.45) is -0.940. The first-order chi connectivity index (χ1) is 23.4. The van der Waals surface area contributed by atoms with Crippen molar-refractivity contribution in [3.8, 4) is 5.75 Å². The number of azide groups is 1. The highest BCUT2D eigenvalue weighted by Crippen LogP contribution is 2.34. The minimum atomic E-state index is -1.35. The van der Waals surface area contributed by atoms with Gasteiger partial charge in [-0.25, -0.2) is 15.0 Å². The number of rotatable bonds is 11. The number of amides is 2. The molecule has 0 spiro atoms. The summed E-state index contributed by atoms with van der Waals surface area (Å²) in [6, 6.07) is 14.3. The number of aliphatic hydroxyl groups is 1. The van der Waals surface area contributed by atoms with Crippen LogP contribution < -0.4 is 15.4 Å². The van der Waals surface area contributed by atoms with E-state index in [0.29, 0.717) is 46.4 Å². The number of anilines is 1. The normalized spacial score (nSPS) is 21.1. The quantitative estimate of drug-likeness (QED) is 0.121. The van der Waals surface area contributed by atoms with E-state index >= 15 is 0 Å². The second-order valence-corrected chi connectivity index (χ2v) is 11.8. The zero-order chi connectivity index (χ0) is 33.6. The molecule has 0 bridgehead atoms. The van der Waals surface area contributed by atoms with Crippen molar-refractivity contribution >= 4 is 40.4 Å². The van der Waals surface area contributed by atoms with E-state index < -0.39 is 30.4 Å². The number of aliphatic hydroxyl groups excluding tert-OH is 1. The molecule has 2 aromatic heterocycles. The summed E-state index contributed by atoms with van der Waals surface area (Å²) in [5.74, 6) is 0.226. The number of carbonyl (C=O) groups is 2. The molecule has 2 fully saturated rings. The summed E-state index contributed by atoms with van der Waals surface area (Å²) in [4.78, 5) is 45.4. The number of hydrogen-bond donors (Lipinski definition) is 3. The number of benzene rings is 2. The average Bonchev–Trinajstić information content (AvgIpc) is 3.68. The lowest BCUT2D eigenvalue weighted by Crippen LogP contribution is -2.49. The van der Waals surface area contributed by atoms with Crippen LogP contribution in [0, 0.1) is 0 Å². The molecule has 6 rings (SSSR count). The van der Waals surface area contributed by atoms with Gasteiger partial charge in [0.15, 0.2) is 29.8 Å². The summed E-state index contributed by atoms with van der Waals surface area (Å²) in [6.45, 7) is 3.79. The Labute approximate surface area is 280 Å². The SMILES string of the molecule is CNC(=O)[C@H]1O[C@@H](n2cnc3c(NCc4cc(Cl)ccc4OCC(=O)N4CCN(Cc5ccccc5)CC4)ncnc32)[C@H](O)[C@@H]1N=[N+]=[N-]. The third-order valence-electron chi connectivity index (χ3n) is 8.35. The van der Waals surface area contributed by atoms with Crippen LogP contribution in [-0.4, -0.2) is 104 Å². The molecule has 17 heteroatoms. The van der Waals surface area contributed by atoms with Gasteiger partial charge in [-0.1, -0.05) is 47.0 Å². The van der Waals surface area contributed by atoms with Gasteiger partial charge in [-0.05, 0) is 29.3 Å². The Morgan fingerprint density at radius 1 is 1.15 bits per heavy atom. The first kappa shape index (κ1) is 32.9. The van der Waals surface area contributed by atoms with Gasteiger partial charge in [-0.2, -0.15) is 0 Å². The van der Waals surface area contributed by atoms with Crippen molar-refractivity contribution in [3.63, 3.8) is 0 Å². The number of aromatic nitrogens is 4. The molecule has 2 aliphatic heterocycles. The molecule has 2 saturated heterocycles. The second-order valence-electron chi connectivity index (χ2n) is 11.3. The molecule has 0 unspecified atom stereocenters. The van der Waals surface area contributed by atoms with Gasteiger partial charge >= 0.3 is 0 Å². The number of likely N-dealkylation sites (N-methyl/N-ethyl adjacent to an activating group) is 1. The fourth-order valence-electron chi connectivity index (χ4n) is 5.84. The van der Waals surface area contributed by atoms with Crippen molar-refractivity contribution in [2.75, 3.05) is 45.2 Å². The minimum absolute atomic E-state index is 0.0936. The Kier molecular flexibility index (Phi) is 10.2. The summed E-state index contributed by atoms with van der Waals surface area (Å²) >= 11 is 6.32. The van der Waals surface area contributed by atoms with Gasteiger partial charge in [0, 0.05) is 61.8 Å². The largest absolute Gasteiger partial charge is 0.483 e. The van der Waals surface area contributed by atoms with Crippen LogP contribution in [0.4, 0.5) is 5.82 Å². The molecule has 4 aromatic rings. The number of nitrogens with one attached hydrogen (secondary N) is 2. The highest BCUT2D eigenvalue weighted by atomic mass is 35.5. The fraction of sp³-hybridized carbons (Fsp3) is 0.387. The molecular formula is C31H34ClN11O5. The zero-order valence-electron chi connectivity index (χ0n) is 26.0. The molecule has 250 valence electrons. The second kappa shape index (κ2) is 14.8. The van der Waals surface area contributed by atoms with Crippen LogP contribution in [0.3, 0.4) is 0 Å². The topological polar surface area (TPSA) is 196 Å². The molecule has 3 N–H and O–H groups in total. The number of nitrogens with zero attached hydrogens (tertiary/aromatic N) is 9. The van der Waals surface area contributed by atoms with Crippen LogP contribution in [-0.2, 0) is 27.4 Å². The van der Waals surface area contributed by atoms with E-state index in [2.05, 4.69) is 52.6 Å². The third-order valence-corrected chi connectivity index (χ3v) is 8.59. The number of halogens is 1. The molecule has 2 amide bonds. The van der Waals surface area contributed by atoms with E-state index in [0.717, 1.165) is 19.6 Å². The Hall–Kier alpha value is -4.99. The molecule has 2 aliphatic rings. The number of piperazine rings is 1. The molecular weight excluding hydrogens is 642 g/mol. The average molecular weight is 676 g/mol.